The summed E-state index contributed by atoms with van der Waals surface area (Å²) in [6.07, 6.45) is 3.71. The van der Waals surface area contributed by atoms with Gasteiger partial charge in [0.25, 0.3) is 0 Å². The number of halogens is 1. The van der Waals surface area contributed by atoms with Crippen LogP contribution in [0.4, 0.5) is 0 Å². The maximum absolute atomic E-state index is 11.8. The van der Waals surface area contributed by atoms with Crippen molar-refractivity contribution in [3.05, 3.63) is 34.9 Å². The van der Waals surface area contributed by atoms with Crippen LogP contribution in [0.3, 0.4) is 0 Å². The van der Waals surface area contributed by atoms with Crippen molar-refractivity contribution >= 4 is 17.5 Å². The Bertz CT molecular complexity index is 403. The third kappa shape index (κ3) is 4.31. The molecule has 0 aromatic heterocycles. The van der Waals surface area contributed by atoms with Crippen molar-refractivity contribution in [3.8, 4) is 0 Å². The summed E-state index contributed by atoms with van der Waals surface area (Å²) >= 11 is 5.89. The number of amides is 1. The number of hydrogen-bond acceptors (Lipinski definition) is 2. The standard InChI is InChI=1S/C14H19ClN2O/c15-13-6-4-5-12(9-13)10-16-14(18)11-17-7-2-1-3-8-17/h4-6,9H,1-3,7-8,10-11H2,(H,16,18). The van der Waals surface area contributed by atoms with Crippen LogP contribution in [-0.2, 0) is 11.3 Å². The highest BCUT2D eigenvalue weighted by molar-refractivity contribution is 6.30. The highest BCUT2D eigenvalue weighted by Gasteiger charge is 2.13. The minimum absolute atomic E-state index is 0.0943. The molecule has 4 heteroatoms. The van der Waals surface area contributed by atoms with Crippen molar-refractivity contribution in [2.45, 2.75) is 25.8 Å². The Morgan fingerprint density at radius 2 is 2.06 bits per heavy atom. The molecule has 0 radical (unpaired) electrons. The first-order valence-corrected chi connectivity index (χ1v) is 6.85. The highest BCUT2D eigenvalue weighted by Crippen LogP contribution is 2.10. The van der Waals surface area contributed by atoms with E-state index in [9.17, 15) is 4.79 Å². The van der Waals surface area contributed by atoms with Gasteiger partial charge in [0.1, 0.15) is 0 Å². The van der Waals surface area contributed by atoms with E-state index in [0.717, 1.165) is 18.7 Å². The van der Waals surface area contributed by atoms with Gasteiger partial charge in [-0.05, 0) is 43.6 Å². The van der Waals surface area contributed by atoms with E-state index < -0.39 is 0 Å². The van der Waals surface area contributed by atoms with Gasteiger partial charge in [-0.2, -0.15) is 0 Å². The molecule has 1 amide bonds. The van der Waals surface area contributed by atoms with Crippen LogP contribution in [0.5, 0.6) is 0 Å². The van der Waals surface area contributed by atoms with Crippen molar-refractivity contribution < 1.29 is 4.79 Å². The number of rotatable bonds is 4. The predicted octanol–water partition coefficient (Wildman–Crippen LogP) is 2.44. The summed E-state index contributed by atoms with van der Waals surface area (Å²) in [5.41, 5.74) is 1.04. The largest absolute Gasteiger partial charge is 0.351 e. The zero-order valence-corrected chi connectivity index (χ0v) is 11.2. The Kier molecular flexibility index (Phi) is 5.02. The fraction of sp³-hybridized carbons (Fsp3) is 0.500. The van der Waals surface area contributed by atoms with Crippen LogP contribution in [-0.4, -0.2) is 30.4 Å². The number of likely N-dealkylation sites (tertiary alicyclic amines) is 1. The Morgan fingerprint density at radius 3 is 2.78 bits per heavy atom. The van der Waals surface area contributed by atoms with E-state index in [-0.39, 0.29) is 5.91 Å². The molecule has 2 rings (SSSR count). The number of nitrogens with one attached hydrogen (secondary N) is 1. The molecule has 1 heterocycles. The van der Waals surface area contributed by atoms with Crippen LogP contribution in [0.1, 0.15) is 24.8 Å². The number of piperidine rings is 1. The number of benzene rings is 1. The molecule has 3 nitrogen and oxygen atoms in total. The predicted molar refractivity (Wildman–Crippen MR) is 73.6 cm³/mol. The zero-order valence-electron chi connectivity index (χ0n) is 10.5. The smallest absolute Gasteiger partial charge is 0.234 e. The van der Waals surface area contributed by atoms with Gasteiger partial charge in [-0.3, -0.25) is 9.69 Å². The molecule has 98 valence electrons. The second kappa shape index (κ2) is 6.76. The lowest BCUT2D eigenvalue weighted by Crippen LogP contribution is -2.39. The van der Waals surface area contributed by atoms with E-state index in [1.165, 1.54) is 19.3 Å². The van der Waals surface area contributed by atoms with Gasteiger partial charge in [0.15, 0.2) is 0 Å². The third-order valence-electron chi connectivity index (χ3n) is 3.19. The summed E-state index contributed by atoms with van der Waals surface area (Å²) in [7, 11) is 0. The van der Waals surface area contributed by atoms with Gasteiger partial charge in [0, 0.05) is 11.6 Å². The molecule has 0 spiro atoms. The van der Waals surface area contributed by atoms with E-state index in [1.807, 2.05) is 24.3 Å². The van der Waals surface area contributed by atoms with Gasteiger partial charge in [-0.1, -0.05) is 30.2 Å². The minimum Gasteiger partial charge on any atom is -0.351 e. The van der Waals surface area contributed by atoms with Crippen molar-refractivity contribution in [1.82, 2.24) is 10.2 Å². The van der Waals surface area contributed by atoms with Crippen molar-refractivity contribution in [2.75, 3.05) is 19.6 Å². The molecule has 1 N–H and O–H groups in total. The number of carbonyl (C=O) groups is 1. The fourth-order valence-corrected chi connectivity index (χ4v) is 2.44. The van der Waals surface area contributed by atoms with E-state index >= 15 is 0 Å². The van der Waals surface area contributed by atoms with Crippen molar-refractivity contribution in [1.29, 1.82) is 0 Å². The molecular formula is C14H19ClN2O. The molecule has 0 bridgehead atoms. The molecule has 18 heavy (non-hydrogen) atoms. The molecule has 1 aliphatic heterocycles. The Morgan fingerprint density at radius 1 is 1.28 bits per heavy atom. The maximum Gasteiger partial charge on any atom is 0.234 e. The first kappa shape index (κ1) is 13.4. The van der Waals surface area contributed by atoms with Gasteiger partial charge >= 0.3 is 0 Å². The quantitative estimate of drug-likeness (QED) is 0.908. The van der Waals surface area contributed by atoms with E-state index in [0.29, 0.717) is 18.1 Å². The first-order valence-electron chi connectivity index (χ1n) is 6.47. The number of carbonyl (C=O) groups excluding carboxylic acids is 1. The fourth-order valence-electron chi connectivity index (χ4n) is 2.22. The van der Waals surface area contributed by atoms with Crippen LogP contribution < -0.4 is 5.32 Å². The van der Waals surface area contributed by atoms with Gasteiger partial charge in [-0.25, -0.2) is 0 Å². The lowest BCUT2D eigenvalue weighted by atomic mass is 10.1. The van der Waals surface area contributed by atoms with Gasteiger partial charge in [0.05, 0.1) is 6.54 Å². The zero-order chi connectivity index (χ0) is 12.8. The lowest BCUT2D eigenvalue weighted by molar-refractivity contribution is -0.122. The molecule has 0 aliphatic carbocycles. The second-order valence-electron chi connectivity index (χ2n) is 4.74. The normalized spacial score (nSPS) is 16.5. The maximum atomic E-state index is 11.8. The topological polar surface area (TPSA) is 32.3 Å². The van der Waals surface area contributed by atoms with Crippen molar-refractivity contribution in [3.63, 3.8) is 0 Å². The second-order valence-corrected chi connectivity index (χ2v) is 5.18. The average Bonchev–Trinajstić information content (AvgIpc) is 2.38. The molecule has 1 saturated heterocycles. The van der Waals surface area contributed by atoms with E-state index in [4.69, 9.17) is 11.6 Å². The summed E-state index contributed by atoms with van der Waals surface area (Å²) in [5.74, 6) is 0.0943. The van der Waals surface area contributed by atoms with Crippen LogP contribution in [0.2, 0.25) is 5.02 Å². The highest BCUT2D eigenvalue weighted by atomic mass is 35.5. The van der Waals surface area contributed by atoms with Gasteiger partial charge in [0.2, 0.25) is 5.91 Å². The van der Waals surface area contributed by atoms with Gasteiger partial charge < -0.3 is 5.32 Å². The molecule has 1 aliphatic rings. The average molecular weight is 267 g/mol. The summed E-state index contributed by atoms with van der Waals surface area (Å²) in [4.78, 5) is 14.0. The van der Waals surface area contributed by atoms with E-state index in [1.54, 1.807) is 0 Å². The number of hydrogen-bond donors (Lipinski definition) is 1. The Hall–Kier alpha value is -1.06. The van der Waals surface area contributed by atoms with Crippen LogP contribution in [0, 0.1) is 0 Å². The van der Waals surface area contributed by atoms with E-state index in [2.05, 4.69) is 10.2 Å². The number of nitrogens with zero attached hydrogens (tertiary/aromatic N) is 1. The lowest BCUT2D eigenvalue weighted by Gasteiger charge is -2.25. The first-order chi connectivity index (χ1) is 8.74. The molecule has 1 fully saturated rings. The van der Waals surface area contributed by atoms with Gasteiger partial charge in [-0.15, -0.1) is 0 Å². The SMILES string of the molecule is O=C(CN1CCCCC1)NCc1cccc(Cl)c1. The van der Waals surface area contributed by atoms with Crippen LogP contribution >= 0.6 is 11.6 Å². The Labute approximate surface area is 113 Å². The summed E-state index contributed by atoms with van der Waals surface area (Å²) in [5, 5.41) is 3.64. The molecule has 0 atom stereocenters. The summed E-state index contributed by atoms with van der Waals surface area (Å²) in [6.45, 7) is 3.16. The third-order valence-corrected chi connectivity index (χ3v) is 3.43. The van der Waals surface area contributed by atoms with Crippen molar-refractivity contribution in [2.24, 2.45) is 0 Å². The minimum atomic E-state index is 0.0943. The van der Waals surface area contributed by atoms with Crippen LogP contribution in [0.25, 0.3) is 0 Å². The summed E-state index contributed by atoms with van der Waals surface area (Å²) < 4.78 is 0. The van der Waals surface area contributed by atoms with Crippen LogP contribution in [0.15, 0.2) is 24.3 Å². The molecular weight excluding hydrogens is 248 g/mol. The molecule has 1 aromatic rings. The summed E-state index contributed by atoms with van der Waals surface area (Å²) in [6, 6.07) is 7.57. The monoisotopic (exact) mass is 266 g/mol. The molecule has 0 saturated carbocycles. The molecule has 0 unspecified atom stereocenters. The molecule has 1 aromatic carbocycles. The Balaban J connectivity index is 1.74.